The van der Waals surface area contributed by atoms with E-state index in [0.29, 0.717) is 17.4 Å². The van der Waals surface area contributed by atoms with Gasteiger partial charge in [-0.15, -0.1) is 5.10 Å². The third-order valence-electron chi connectivity index (χ3n) is 3.53. The van der Waals surface area contributed by atoms with E-state index in [1.807, 2.05) is 19.9 Å². The molecule has 0 aromatic carbocycles. The molecule has 2 aromatic rings. The molecule has 3 heterocycles. The minimum Gasteiger partial charge on any atom is -0.352 e. The highest BCUT2D eigenvalue weighted by Crippen LogP contribution is 2.16. The van der Waals surface area contributed by atoms with Gasteiger partial charge in [-0.25, -0.2) is 17.9 Å². The van der Waals surface area contributed by atoms with Gasteiger partial charge >= 0.3 is 0 Å². The van der Waals surface area contributed by atoms with Gasteiger partial charge in [0.15, 0.2) is 9.84 Å². The number of amides is 1. The van der Waals surface area contributed by atoms with Crippen molar-refractivity contribution >= 4 is 33.3 Å². The molecule has 1 unspecified atom stereocenters. The van der Waals surface area contributed by atoms with Crippen molar-refractivity contribution in [1.82, 2.24) is 24.9 Å². The first-order chi connectivity index (χ1) is 10.8. The number of carbonyl (C=O) groups excluding carboxylic acids is 1. The number of carbonyl (C=O) groups is 1. The maximum Gasteiger partial charge on any atom is 0.253 e. The average Bonchev–Trinajstić information content (AvgIpc) is 2.99. The van der Waals surface area contributed by atoms with E-state index >= 15 is 0 Å². The van der Waals surface area contributed by atoms with Crippen molar-refractivity contribution in [2.75, 3.05) is 17.3 Å². The van der Waals surface area contributed by atoms with Crippen molar-refractivity contribution in [3.63, 3.8) is 0 Å². The first-order valence-corrected chi connectivity index (χ1v) is 9.97. The van der Waals surface area contributed by atoms with Crippen molar-refractivity contribution in [2.45, 2.75) is 31.5 Å². The Morgan fingerprint density at radius 2 is 2.22 bits per heavy atom. The van der Waals surface area contributed by atoms with Crippen LogP contribution in [-0.4, -0.2) is 57.2 Å². The monoisotopic (exact) mass is 355 g/mol. The summed E-state index contributed by atoms with van der Waals surface area (Å²) < 4.78 is 24.4. The van der Waals surface area contributed by atoms with Crippen LogP contribution in [0.4, 0.5) is 0 Å². The Hall–Kier alpha value is -1.68. The average molecular weight is 355 g/mol. The van der Waals surface area contributed by atoms with Gasteiger partial charge in [-0.05, 0) is 26.3 Å². The number of nitrogens with one attached hydrogen (secondary N) is 1. The van der Waals surface area contributed by atoms with Crippen molar-refractivity contribution in [3.05, 3.63) is 17.5 Å². The zero-order valence-electron chi connectivity index (χ0n) is 12.8. The molecule has 2 aromatic heterocycles. The molecule has 3 rings (SSSR count). The van der Waals surface area contributed by atoms with Crippen LogP contribution in [0.5, 0.6) is 0 Å². The largest absolute Gasteiger partial charge is 0.352 e. The Balaban J connectivity index is 1.60. The molecular formula is C13H17N5O3S2. The minimum absolute atomic E-state index is 0.0262. The molecule has 1 saturated heterocycles. The summed E-state index contributed by atoms with van der Waals surface area (Å²) in [7, 11) is -2.99. The van der Waals surface area contributed by atoms with Crippen LogP contribution in [-0.2, 0) is 14.6 Å². The number of sulfone groups is 1. The van der Waals surface area contributed by atoms with Crippen LogP contribution >= 0.6 is 11.8 Å². The molecule has 1 aliphatic rings. The number of rotatable bonds is 4. The third kappa shape index (κ3) is 3.81. The molecule has 8 nitrogen and oxygen atoms in total. The van der Waals surface area contributed by atoms with Crippen molar-refractivity contribution < 1.29 is 13.2 Å². The fraction of sp³-hybridized carbons (Fsp3) is 0.538. The van der Waals surface area contributed by atoms with E-state index in [1.54, 1.807) is 4.52 Å². The van der Waals surface area contributed by atoms with E-state index in [1.165, 1.54) is 11.8 Å². The second-order valence-electron chi connectivity index (χ2n) is 5.60. The molecule has 10 heteroatoms. The quantitative estimate of drug-likeness (QED) is 0.777. The van der Waals surface area contributed by atoms with Crippen molar-refractivity contribution in [3.8, 4) is 0 Å². The van der Waals surface area contributed by atoms with Gasteiger partial charge in [0.25, 0.3) is 5.78 Å². The number of hydrogen-bond donors (Lipinski definition) is 1. The van der Waals surface area contributed by atoms with Gasteiger partial charge in [0.2, 0.25) is 11.1 Å². The highest BCUT2D eigenvalue weighted by atomic mass is 32.2. The van der Waals surface area contributed by atoms with Gasteiger partial charge in [0.1, 0.15) is 0 Å². The van der Waals surface area contributed by atoms with Crippen LogP contribution < -0.4 is 5.32 Å². The number of hydrogen-bond acceptors (Lipinski definition) is 7. The lowest BCUT2D eigenvalue weighted by Crippen LogP contribution is -2.36. The second-order valence-corrected chi connectivity index (χ2v) is 8.77. The predicted octanol–water partition coefficient (Wildman–Crippen LogP) is 0.137. The van der Waals surface area contributed by atoms with E-state index in [0.717, 1.165) is 11.4 Å². The predicted molar refractivity (Wildman–Crippen MR) is 86.2 cm³/mol. The Morgan fingerprint density at radius 3 is 2.91 bits per heavy atom. The van der Waals surface area contributed by atoms with Crippen LogP contribution in [0.2, 0.25) is 0 Å². The molecular weight excluding hydrogens is 338 g/mol. The Labute approximate surface area is 138 Å². The molecule has 1 N–H and O–H groups in total. The summed E-state index contributed by atoms with van der Waals surface area (Å²) in [6.07, 6.45) is 0.480. The van der Waals surface area contributed by atoms with E-state index in [2.05, 4.69) is 20.4 Å². The summed E-state index contributed by atoms with van der Waals surface area (Å²) in [5.41, 5.74) is 1.78. The maximum atomic E-state index is 11.9. The Bertz CT molecular complexity index is 862. The fourth-order valence-corrected chi connectivity index (χ4v) is 4.82. The summed E-state index contributed by atoms with van der Waals surface area (Å²) in [5, 5.41) is 7.53. The molecule has 1 atom stereocenters. The summed E-state index contributed by atoms with van der Waals surface area (Å²) in [6, 6.07) is 1.62. The number of nitrogens with zero attached hydrogens (tertiary/aromatic N) is 4. The minimum atomic E-state index is -2.99. The molecule has 1 amide bonds. The zero-order valence-corrected chi connectivity index (χ0v) is 14.4. The van der Waals surface area contributed by atoms with Gasteiger partial charge in [0.05, 0.1) is 17.3 Å². The lowest BCUT2D eigenvalue weighted by molar-refractivity contribution is -0.119. The first kappa shape index (κ1) is 16.2. The van der Waals surface area contributed by atoms with Crippen LogP contribution in [0, 0.1) is 13.8 Å². The molecule has 0 spiro atoms. The van der Waals surface area contributed by atoms with Gasteiger partial charge in [-0.2, -0.15) is 4.98 Å². The van der Waals surface area contributed by atoms with E-state index in [9.17, 15) is 13.2 Å². The van der Waals surface area contributed by atoms with E-state index in [4.69, 9.17) is 0 Å². The number of thioether (sulfide) groups is 1. The van der Waals surface area contributed by atoms with Gasteiger partial charge in [0, 0.05) is 17.4 Å². The summed E-state index contributed by atoms with van der Waals surface area (Å²) >= 11 is 1.21. The SMILES string of the molecule is Cc1cc(C)n2nc(SCC(=O)NC3CCS(=O)(=O)C3)nc2n1. The summed E-state index contributed by atoms with van der Waals surface area (Å²) in [4.78, 5) is 20.5. The van der Waals surface area contributed by atoms with E-state index < -0.39 is 9.84 Å². The molecule has 0 bridgehead atoms. The van der Waals surface area contributed by atoms with Gasteiger partial charge in [-0.3, -0.25) is 4.79 Å². The molecule has 0 aliphatic carbocycles. The van der Waals surface area contributed by atoms with Crippen LogP contribution in [0.1, 0.15) is 17.8 Å². The van der Waals surface area contributed by atoms with Crippen LogP contribution in [0.25, 0.3) is 5.78 Å². The second kappa shape index (κ2) is 6.08. The maximum absolute atomic E-state index is 11.9. The molecule has 1 fully saturated rings. The van der Waals surface area contributed by atoms with Crippen LogP contribution in [0.3, 0.4) is 0 Å². The Kier molecular flexibility index (Phi) is 4.28. The van der Waals surface area contributed by atoms with Gasteiger partial charge < -0.3 is 5.32 Å². The lowest BCUT2D eigenvalue weighted by atomic mass is 10.3. The molecule has 0 saturated carbocycles. The van der Waals surface area contributed by atoms with Gasteiger partial charge in [-0.1, -0.05) is 11.8 Å². The standard InChI is InChI=1S/C13H17N5O3S2/c1-8-5-9(2)18-12(14-8)16-13(17-18)22-6-11(19)15-10-3-4-23(20,21)7-10/h5,10H,3-4,6-7H2,1-2H3,(H,15,19). The summed E-state index contributed by atoms with van der Waals surface area (Å²) in [6.45, 7) is 3.80. The molecule has 0 radical (unpaired) electrons. The van der Waals surface area contributed by atoms with E-state index in [-0.39, 0.29) is 29.2 Å². The van der Waals surface area contributed by atoms with Crippen LogP contribution in [0.15, 0.2) is 11.2 Å². The number of aromatic nitrogens is 4. The fourth-order valence-electron chi connectivity index (χ4n) is 2.52. The van der Waals surface area contributed by atoms with Crippen molar-refractivity contribution in [2.24, 2.45) is 0 Å². The molecule has 124 valence electrons. The molecule has 1 aliphatic heterocycles. The topological polar surface area (TPSA) is 106 Å². The summed E-state index contributed by atoms with van der Waals surface area (Å²) in [5.74, 6) is 0.608. The number of aryl methyl sites for hydroxylation is 2. The molecule has 23 heavy (non-hydrogen) atoms. The Morgan fingerprint density at radius 1 is 1.43 bits per heavy atom. The first-order valence-electron chi connectivity index (χ1n) is 7.16. The zero-order chi connectivity index (χ0) is 16.6. The number of fused-ring (bicyclic) bond motifs is 1. The highest BCUT2D eigenvalue weighted by molar-refractivity contribution is 7.99. The van der Waals surface area contributed by atoms with Crippen molar-refractivity contribution in [1.29, 1.82) is 0 Å². The third-order valence-corrected chi connectivity index (χ3v) is 6.13. The smallest absolute Gasteiger partial charge is 0.253 e. The normalized spacial score (nSPS) is 20.0. The highest BCUT2D eigenvalue weighted by Gasteiger charge is 2.28. The lowest BCUT2D eigenvalue weighted by Gasteiger charge is -2.09.